The highest BCUT2D eigenvalue weighted by molar-refractivity contribution is 9.10. The lowest BCUT2D eigenvalue weighted by atomic mass is 10.1. The predicted molar refractivity (Wildman–Crippen MR) is 73.1 cm³/mol. The van der Waals surface area contributed by atoms with Crippen molar-refractivity contribution in [3.05, 3.63) is 34.1 Å². The summed E-state index contributed by atoms with van der Waals surface area (Å²) >= 11 is 9.48. The zero-order chi connectivity index (χ0) is 13.1. The Morgan fingerprint density at radius 3 is 2.67 bits per heavy atom. The summed E-state index contributed by atoms with van der Waals surface area (Å²) in [5.74, 6) is -0.520. The van der Waals surface area contributed by atoms with Gasteiger partial charge in [-0.25, -0.2) is 4.39 Å². The van der Waals surface area contributed by atoms with Crippen LogP contribution in [0.15, 0.2) is 22.7 Å². The molecule has 18 heavy (non-hydrogen) atoms. The smallest absolute Gasteiger partial charge is 0.245 e. The third-order valence-electron chi connectivity index (χ3n) is 3.12. The van der Waals surface area contributed by atoms with E-state index >= 15 is 0 Å². The minimum absolute atomic E-state index is 0.136. The lowest BCUT2D eigenvalue weighted by Crippen LogP contribution is -2.37. The molecule has 1 amide bonds. The van der Waals surface area contributed by atoms with Crippen LogP contribution in [0.3, 0.4) is 0 Å². The summed E-state index contributed by atoms with van der Waals surface area (Å²) in [6.07, 6.45) is 3.18. The van der Waals surface area contributed by atoms with E-state index in [0.29, 0.717) is 10.0 Å². The number of carbonyl (C=O) groups is 1. The molecule has 0 radical (unpaired) electrons. The summed E-state index contributed by atoms with van der Waals surface area (Å²) < 4.78 is 13.9. The van der Waals surface area contributed by atoms with Gasteiger partial charge >= 0.3 is 0 Å². The van der Waals surface area contributed by atoms with E-state index in [2.05, 4.69) is 15.9 Å². The van der Waals surface area contributed by atoms with Gasteiger partial charge in [0.25, 0.3) is 0 Å². The largest absolute Gasteiger partial charge is 0.341 e. The maximum Gasteiger partial charge on any atom is 0.245 e. The molecule has 1 atom stereocenters. The molecule has 1 aliphatic rings. The number of amides is 1. The lowest BCUT2D eigenvalue weighted by molar-refractivity contribution is -0.131. The number of piperidine rings is 1. The van der Waals surface area contributed by atoms with E-state index in [4.69, 9.17) is 11.6 Å². The fourth-order valence-corrected chi connectivity index (χ4v) is 3.04. The molecule has 0 aromatic heterocycles. The first-order chi connectivity index (χ1) is 8.59. The van der Waals surface area contributed by atoms with Crippen LogP contribution in [0.5, 0.6) is 0 Å². The van der Waals surface area contributed by atoms with Crippen LogP contribution in [0.25, 0.3) is 0 Å². The van der Waals surface area contributed by atoms with Crippen LogP contribution in [-0.2, 0) is 4.79 Å². The zero-order valence-corrected chi connectivity index (χ0v) is 12.2. The molecular formula is C13H14BrClFNO. The van der Waals surface area contributed by atoms with Crippen molar-refractivity contribution < 1.29 is 9.18 Å². The van der Waals surface area contributed by atoms with Crippen molar-refractivity contribution in [3.63, 3.8) is 0 Å². The van der Waals surface area contributed by atoms with Crippen LogP contribution in [0.4, 0.5) is 4.39 Å². The fraction of sp³-hybridized carbons (Fsp3) is 0.462. The SMILES string of the molecule is O=C(C(Cl)c1cc(F)ccc1Br)N1CCCCC1. The number of carbonyl (C=O) groups excluding carboxylic acids is 1. The summed E-state index contributed by atoms with van der Waals surface area (Å²) in [5.41, 5.74) is 0.493. The van der Waals surface area contributed by atoms with Crippen LogP contribution >= 0.6 is 27.5 Å². The number of hydrogen-bond acceptors (Lipinski definition) is 1. The molecule has 0 spiro atoms. The Morgan fingerprint density at radius 1 is 1.33 bits per heavy atom. The Morgan fingerprint density at radius 2 is 2.00 bits per heavy atom. The minimum atomic E-state index is -0.826. The number of likely N-dealkylation sites (tertiary alicyclic amines) is 1. The van der Waals surface area contributed by atoms with Crippen LogP contribution in [0, 0.1) is 5.82 Å². The minimum Gasteiger partial charge on any atom is -0.341 e. The van der Waals surface area contributed by atoms with Gasteiger partial charge < -0.3 is 4.90 Å². The van der Waals surface area contributed by atoms with Crippen LogP contribution in [0.1, 0.15) is 30.2 Å². The van der Waals surface area contributed by atoms with Crippen molar-refractivity contribution in [1.29, 1.82) is 0 Å². The normalized spacial score (nSPS) is 17.6. The second kappa shape index (κ2) is 6.02. The van der Waals surface area contributed by atoms with E-state index < -0.39 is 5.38 Å². The summed E-state index contributed by atoms with van der Waals surface area (Å²) in [5, 5.41) is -0.826. The van der Waals surface area contributed by atoms with Gasteiger partial charge in [-0.1, -0.05) is 15.9 Å². The average Bonchev–Trinajstić information content (AvgIpc) is 2.41. The van der Waals surface area contributed by atoms with E-state index in [1.54, 1.807) is 11.0 Å². The maximum absolute atomic E-state index is 13.2. The molecule has 98 valence electrons. The number of hydrogen-bond donors (Lipinski definition) is 0. The van der Waals surface area contributed by atoms with Crippen LogP contribution in [0.2, 0.25) is 0 Å². The first kappa shape index (κ1) is 13.8. The third kappa shape index (κ3) is 3.04. The predicted octanol–water partition coefficient (Wildman–Crippen LogP) is 3.88. The van der Waals surface area contributed by atoms with Crippen LogP contribution < -0.4 is 0 Å². The van der Waals surface area contributed by atoms with Crippen molar-refractivity contribution in [1.82, 2.24) is 4.90 Å². The molecule has 1 aromatic carbocycles. The molecule has 5 heteroatoms. The number of benzene rings is 1. The highest BCUT2D eigenvalue weighted by Crippen LogP contribution is 2.31. The Labute approximate surface area is 119 Å². The Balaban J connectivity index is 2.16. The van der Waals surface area contributed by atoms with E-state index in [1.165, 1.54) is 12.1 Å². The molecule has 2 nitrogen and oxygen atoms in total. The van der Waals surface area contributed by atoms with Gasteiger partial charge in [0.15, 0.2) is 0 Å². The zero-order valence-electron chi connectivity index (χ0n) is 9.83. The van der Waals surface area contributed by atoms with Gasteiger partial charge in [-0.15, -0.1) is 11.6 Å². The third-order valence-corrected chi connectivity index (χ3v) is 4.26. The Hall–Kier alpha value is -0.610. The van der Waals surface area contributed by atoms with Gasteiger partial charge in [0.1, 0.15) is 11.2 Å². The molecule has 1 fully saturated rings. The summed E-state index contributed by atoms with van der Waals surface area (Å²) in [6, 6.07) is 4.22. The van der Waals surface area contributed by atoms with Gasteiger partial charge in [-0.05, 0) is 43.0 Å². The first-order valence-corrected chi connectivity index (χ1v) is 7.20. The molecule has 0 N–H and O–H groups in total. The highest BCUT2D eigenvalue weighted by Gasteiger charge is 2.26. The van der Waals surface area contributed by atoms with E-state index in [9.17, 15) is 9.18 Å². The molecule has 1 unspecified atom stereocenters. The Kier molecular flexibility index (Phi) is 4.62. The number of halogens is 3. The monoisotopic (exact) mass is 333 g/mol. The topological polar surface area (TPSA) is 20.3 Å². The fourth-order valence-electron chi connectivity index (χ4n) is 2.12. The molecular weight excluding hydrogens is 321 g/mol. The summed E-state index contributed by atoms with van der Waals surface area (Å²) in [6.45, 7) is 1.49. The quantitative estimate of drug-likeness (QED) is 0.752. The number of rotatable bonds is 2. The molecule has 2 rings (SSSR count). The first-order valence-electron chi connectivity index (χ1n) is 5.97. The van der Waals surface area contributed by atoms with E-state index in [1.807, 2.05) is 0 Å². The van der Waals surface area contributed by atoms with Gasteiger partial charge in [0.05, 0.1) is 0 Å². The highest BCUT2D eigenvalue weighted by atomic mass is 79.9. The van der Waals surface area contributed by atoms with Crippen molar-refractivity contribution in [2.45, 2.75) is 24.6 Å². The van der Waals surface area contributed by atoms with Crippen molar-refractivity contribution in [2.24, 2.45) is 0 Å². The molecule has 0 bridgehead atoms. The molecule has 1 saturated heterocycles. The molecule has 1 heterocycles. The van der Waals surface area contributed by atoms with Gasteiger partial charge in [-0.2, -0.15) is 0 Å². The van der Waals surface area contributed by atoms with E-state index in [0.717, 1.165) is 32.4 Å². The molecule has 1 aromatic rings. The molecule has 0 aliphatic carbocycles. The summed E-state index contributed by atoms with van der Waals surface area (Å²) in [7, 11) is 0. The standard InChI is InChI=1S/C13H14BrClFNO/c14-11-5-4-9(16)8-10(11)12(15)13(18)17-6-2-1-3-7-17/h4-5,8,12H,1-3,6-7H2. The van der Waals surface area contributed by atoms with Crippen molar-refractivity contribution in [2.75, 3.05) is 13.1 Å². The summed E-state index contributed by atoms with van der Waals surface area (Å²) in [4.78, 5) is 14.0. The Bertz CT molecular complexity index is 449. The van der Waals surface area contributed by atoms with Gasteiger partial charge in [0, 0.05) is 17.6 Å². The number of alkyl halides is 1. The molecule has 0 saturated carbocycles. The molecule has 1 aliphatic heterocycles. The van der Waals surface area contributed by atoms with Gasteiger partial charge in [-0.3, -0.25) is 4.79 Å². The number of nitrogens with zero attached hydrogens (tertiary/aromatic N) is 1. The maximum atomic E-state index is 13.2. The van der Waals surface area contributed by atoms with Gasteiger partial charge in [0.2, 0.25) is 5.91 Å². The second-order valence-electron chi connectivity index (χ2n) is 4.41. The van der Waals surface area contributed by atoms with E-state index in [-0.39, 0.29) is 11.7 Å². The average molecular weight is 335 g/mol. The van der Waals surface area contributed by atoms with Crippen molar-refractivity contribution >= 4 is 33.4 Å². The van der Waals surface area contributed by atoms with Crippen LogP contribution in [-0.4, -0.2) is 23.9 Å². The second-order valence-corrected chi connectivity index (χ2v) is 5.71. The van der Waals surface area contributed by atoms with Crippen molar-refractivity contribution in [3.8, 4) is 0 Å². The lowest BCUT2D eigenvalue weighted by Gasteiger charge is -2.28.